The standard InChI is InChI=1S/C21H18F2N6O2.C2HF3O2/c1-9-17(13-6-24-28-19(13)20(18(9)23)25-10(2)30)11-3-4-16-26-15(8-29(16)7-11)27-21(31)12-5-14(12)22;3-2(4,5)1(6)7/h3-4,6-8,12,14H,5H2,1-2H3,(H,24,28)(H,25,30)(H,27,31);(H,6,7)/t12-,14+;/m1./s1. The van der Waals surface area contributed by atoms with Crippen LogP contribution in [0.2, 0.25) is 0 Å². The number of aromatic nitrogens is 4. The molecule has 3 heterocycles. The minimum absolute atomic E-state index is 0.0567. The van der Waals surface area contributed by atoms with Gasteiger partial charge in [0.05, 0.1) is 23.8 Å². The van der Waals surface area contributed by atoms with Crippen molar-refractivity contribution < 1.29 is 41.4 Å². The summed E-state index contributed by atoms with van der Waals surface area (Å²) >= 11 is 0. The Morgan fingerprint density at radius 1 is 1.18 bits per heavy atom. The maximum Gasteiger partial charge on any atom is 0.490 e. The van der Waals surface area contributed by atoms with Gasteiger partial charge >= 0.3 is 12.1 Å². The zero-order chi connectivity index (χ0) is 27.9. The average molecular weight is 538 g/mol. The van der Waals surface area contributed by atoms with E-state index in [1.807, 2.05) is 0 Å². The maximum atomic E-state index is 15.1. The first-order chi connectivity index (χ1) is 17.8. The van der Waals surface area contributed by atoms with Crippen molar-refractivity contribution in [2.75, 3.05) is 10.6 Å². The molecule has 3 aromatic heterocycles. The second kappa shape index (κ2) is 9.72. The van der Waals surface area contributed by atoms with Crippen molar-refractivity contribution in [2.45, 2.75) is 32.6 Å². The van der Waals surface area contributed by atoms with E-state index in [2.05, 4.69) is 25.8 Å². The summed E-state index contributed by atoms with van der Waals surface area (Å²) in [6, 6.07) is 3.53. The molecule has 0 aliphatic heterocycles. The van der Waals surface area contributed by atoms with Gasteiger partial charge in [0.1, 0.15) is 17.5 Å². The Balaban J connectivity index is 0.000000426. The van der Waals surface area contributed by atoms with Crippen LogP contribution < -0.4 is 10.6 Å². The number of aliphatic carboxylic acids is 1. The average Bonchev–Trinajstić information content (AvgIpc) is 3.19. The molecule has 5 rings (SSSR count). The predicted octanol–water partition coefficient (Wildman–Crippen LogP) is 4.21. The minimum atomic E-state index is -5.08. The maximum absolute atomic E-state index is 15.1. The summed E-state index contributed by atoms with van der Waals surface area (Å²) in [5, 5.41) is 19.7. The number of nitrogens with one attached hydrogen (secondary N) is 3. The number of nitrogens with zero attached hydrogens (tertiary/aromatic N) is 3. The summed E-state index contributed by atoms with van der Waals surface area (Å²) < 4.78 is 61.7. The number of aromatic amines is 1. The zero-order valence-corrected chi connectivity index (χ0v) is 19.7. The molecule has 0 bridgehead atoms. The van der Waals surface area contributed by atoms with E-state index in [-0.39, 0.29) is 23.9 Å². The number of benzene rings is 1. The summed E-state index contributed by atoms with van der Waals surface area (Å²) in [6.45, 7) is 2.94. The lowest BCUT2D eigenvalue weighted by Crippen LogP contribution is -2.21. The van der Waals surface area contributed by atoms with Crippen molar-refractivity contribution in [1.82, 2.24) is 19.6 Å². The number of anilines is 2. The van der Waals surface area contributed by atoms with Crippen LogP contribution in [0, 0.1) is 18.7 Å². The van der Waals surface area contributed by atoms with Gasteiger partial charge < -0.3 is 20.1 Å². The highest BCUT2D eigenvalue weighted by atomic mass is 19.4. The van der Waals surface area contributed by atoms with Gasteiger partial charge in [-0.15, -0.1) is 0 Å². The van der Waals surface area contributed by atoms with Gasteiger partial charge in [0.25, 0.3) is 0 Å². The molecule has 38 heavy (non-hydrogen) atoms. The number of H-pyrrole nitrogens is 1. The Morgan fingerprint density at radius 2 is 1.84 bits per heavy atom. The van der Waals surface area contributed by atoms with Gasteiger partial charge in [-0.2, -0.15) is 18.3 Å². The molecule has 0 spiro atoms. The van der Waals surface area contributed by atoms with Crippen molar-refractivity contribution in [1.29, 1.82) is 0 Å². The number of rotatable bonds is 4. The molecule has 200 valence electrons. The van der Waals surface area contributed by atoms with Crippen molar-refractivity contribution in [3.63, 3.8) is 0 Å². The molecule has 2 atom stereocenters. The van der Waals surface area contributed by atoms with E-state index in [0.29, 0.717) is 39.1 Å². The van der Waals surface area contributed by atoms with E-state index in [4.69, 9.17) is 9.90 Å². The fourth-order valence-electron chi connectivity index (χ4n) is 3.79. The Hall–Kier alpha value is -4.56. The summed E-state index contributed by atoms with van der Waals surface area (Å²) in [7, 11) is 0. The van der Waals surface area contributed by atoms with Crippen LogP contribution >= 0.6 is 0 Å². The Kier molecular flexibility index (Phi) is 6.78. The Bertz CT molecular complexity index is 1580. The predicted molar refractivity (Wildman–Crippen MR) is 125 cm³/mol. The lowest BCUT2D eigenvalue weighted by Gasteiger charge is -2.14. The Morgan fingerprint density at radius 3 is 2.42 bits per heavy atom. The van der Waals surface area contributed by atoms with Gasteiger partial charge in [-0.3, -0.25) is 14.7 Å². The number of carboxylic acids is 1. The number of amides is 2. The first kappa shape index (κ1) is 26.5. The highest BCUT2D eigenvalue weighted by molar-refractivity contribution is 6.06. The number of pyridine rings is 1. The molecule has 1 aromatic carbocycles. The van der Waals surface area contributed by atoms with Crippen LogP contribution in [0.25, 0.3) is 27.7 Å². The van der Waals surface area contributed by atoms with Crippen molar-refractivity contribution >= 4 is 45.8 Å². The first-order valence-corrected chi connectivity index (χ1v) is 10.9. The molecule has 10 nitrogen and oxygen atoms in total. The van der Waals surface area contributed by atoms with Crippen LogP contribution in [0.1, 0.15) is 18.9 Å². The van der Waals surface area contributed by atoms with Crippen LogP contribution in [0.5, 0.6) is 0 Å². The highest BCUT2D eigenvalue weighted by Crippen LogP contribution is 2.38. The van der Waals surface area contributed by atoms with Crippen LogP contribution in [-0.4, -0.2) is 54.8 Å². The highest BCUT2D eigenvalue weighted by Gasteiger charge is 2.43. The van der Waals surface area contributed by atoms with E-state index in [1.165, 1.54) is 6.92 Å². The second-order valence-corrected chi connectivity index (χ2v) is 8.49. The summed E-state index contributed by atoms with van der Waals surface area (Å²) in [5.74, 6) is -4.37. The molecular formula is C23H19F5N6O4. The zero-order valence-electron chi connectivity index (χ0n) is 19.7. The number of carbonyl (C=O) groups excluding carboxylic acids is 2. The number of fused-ring (bicyclic) bond motifs is 2. The van der Waals surface area contributed by atoms with Gasteiger partial charge in [-0.05, 0) is 36.6 Å². The number of imidazole rings is 1. The molecule has 1 aliphatic carbocycles. The van der Waals surface area contributed by atoms with Gasteiger partial charge in [0.15, 0.2) is 11.6 Å². The topological polar surface area (TPSA) is 141 Å². The van der Waals surface area contributed by atoms with E-state index in [9.17, 15) is 27.2 Å². The quantitative estimate of drug-likeness (QED) is 0.287. The van der Waals surface area contributed by atoms with Crippen LogP contribution in [-0.2, 0) is 14.4 Å². The van der Waals surface area contributed by atoms with Crippen LogP contribution in [0.4, 0.5) is 33.5 Å². The normalized spacial score (nSPS) is 16.6. The molecule has 2 amide bonds. The number of alkyl halides is 4. The Labute approximate surface area is 209 Å². The third-order valence-electron chi connectivity index (χ3n) is 5.67. The van der Waals surface area contributed by atoms with Crippen molar-refractivity contribution in [3.05, 3.63) is 42.1 Å². The smallest absolute Gasteiger partial charge is 0.475 e. The molecule has 1 aliphatic rings. The lowest BCUT2D eigenvalue weighted by atomic mass is 9.96. The van der Waals surface area contributed by atoms with Gasteiger partial charge in [0.2, 0.25) is 11.8 Å². The largest absolute Gasteiger partial charge is 0.490 e. The third-order valence-corrected chi connectivity index (χ3v) is 5.67. The van der Waals surface area contributed by atoms with E-state index in [0.717, 1.165) is 0 Å². The van der Waals surface area contributed by atoms with E-state index < -0.39 is 30.1 Å². The SMILES string of the molecule is CC(=O)Nc1c(F)c(C)c(-c2ccc3nc(NC(=O)[C@@H]4C[C@@H]4F)cn3c2)c2cn[nH]c12.O=C(O)C(F)(F)F. The monoisotopic (exact) mass is 538 g/mol. The summed E-state index contributed by atoms with van der Waals surface area (Å²) in [5.41, 5.74) is 2.69. The molecule has 0 saturated heterocycles. The molecule has 15 heteroatoms. The molecule has 1 fully saturated rings. The number of hydrogen-bond donors (Lipinski definition) is 4. The minimum Gasteiger partial charge on any atom is -0.475 e. The van der Waals surface area contributed by atoms with Gasteiger partial charge in [-0.1, -0.05) is 0 Å². The lowest BCUT2D eigenvalue weighted by molar-refractivity contribution is -0.192. The van der Waals surface area contributed by atoms with Crippen LogP contribution in [0.3, 0.4) is 0 Å². The van der Waals surface area contributed by atoms with Crippen LogP contribution in [0.15, 0.2) is 30.7 Å². The molecule has 1 saturated carbocycles. The number of hydrogen-bond acceptors (Lipinski definition) is 5. The number of halogens is 5. The second-order valence-electron chi connectivity index (χ2n) is 8.49. The number of carbonyl (C=O) groups is 3. The molecular weight excluding hydrogens is 519 g/mol. The summed E-state index contributed by atoms with van der Waals surface area (Å²) in [4.78, 5) is 36.7. The van der Waals surface area contributed by atoms with Gasteiger partial charge in [-0.25, -0.2) is 18.6 Å². The van der Waals surface area contributed by atoms with E-state index >= 15 is 4.39 Å². The van der Waals surface area contributed by atoms with Crippen molar-refractivity contribution in [2.24, 2.45) is 5.92 Å². The number of carboxylic acid groups (broad SMARTS) is 1. The third kappa shape index (κ3) is 5.26. The molecule has 4 N–H and O–H groups in total. The fraction of sp³-hybridized carbons (Fsp3) is 0.261. The van der Waals surface area contributed by atoms with E-state index in [1.54, 1.807) is 42.0 Å². The summed E-state index contributed by atoms with van der Waals surface area (Å²) in [6.07, 6.45) is -0.965. The van der Waals surface area contributed by atoms with Gasteiger partial charge in [0, 0.05) is 24.1 Å². The molecule has 0 unspecified atom stereocenters. The molecule has 0 radical (unpaired) electrons. The van der Waals surface area contributed by atoms with Crippen molar-refractivity contribution in [3.8, 4) is 11.1 Å². The first-order valence-electron chi connectivity index (χ1n) is 10.9. The fourth-order valence-corrected chi connectivity index (χ4v) is 3.79. The molecule has 4 aromatic rings.